The number of alkyl halides is 1. The molecule has 0 amide bonds. The fourth-order valence-electron chi connectivity index (χ4n) is 5.14. The van der Waals surface area contributed by atoms with E-state index in [0.717, 1.165) is 10.8 Å². The number of carboxylic acids is 1. The minimum atomic E-state index is -2.75. The second-order valence-electron chi connectivity index (χ2n) is 9.96. The van der Waals surface area contributed by atoms with Crippen molar-refractivity contribution in [3.63, 3.8) is 0 Å². The van der Waals surface area contributed by atoms with E-state index in [1.165, 1.54) is 34.4 Å². The summed E-state index contributed by atoms with van der Waals surface area (Å²) in [6.07, 6.45) is 1.53. The smallest absolute Gasteiger partial charge is 0.330 e. The Balaban J connectivity index is 1.32. The Bertz CT molecular complexity index is 1390. The Morgan fingerprint density at radius 2 is 1.87 bits per heavy atom. The molecule has 1 saturated carbocycles. The molecule has 1 saturated heterocycles. The largest absolute Gasteiger partial charge is 0.481 e. The lowest BCUT2D eigenvalue weighted by atomic mass is 9.87. The molecule has 1 aliphatic carbocycles. The number of halogens is 4. The lowest BCUT2D eigenvalue weighted by Gasteiger charge is -2.37. The average molecular weight is 582 g/mol. The molecule has 3 aromatic rings. The third-order valence-corrected chi connectivity index (χ3v) is 8.55. The van der Waals surface area contributed by atoms with E-state index in [-0.39, 0.29) is 16.3 Å². The van der Waals surface area contributed by atoms with Crippen LogP contribution >= 0.6 is 22.9 Å². The number of Topliss-reactive ketones (excluding diaryl/α,β-unsaturated/α-hetero) is 1. The highest BCUT2D eigenvalue weighted by atomic mass is 35.5. The predicted molar refractivity (Wildman–Crippen MR) is 142 cm³/mol. The van der Waals surface area contributed by atoms with Crippen LogP contribution in [0.1, 0.15) is 44.1 Å². The van der Waals surface area contributed by atoms with Crippen LogP contribution in [0.3, 0.4) is 0 Å². The van der Waals surface area contributed by atoms with Gasteiger partial charge >= 0.3 is 11.9 Å². The van der Waals surface area contributed by atoms with Crippen LogP contribution < -0.4 is 5.32 Å². The Kier molecular flexibility index (Phi) is 8.14. The summed E-state index contributed by atoms with van der Waals surface area (Å²) in [6.45, 7) is 0.649. The first-order valence-corrected chi connectivity index (χ1v) is 14.0. The number of ether oxygens (including phenoxy) is 1. The molecule has 2 heterocycles. The number of carbonyl (C=O) groups is 2. The van der Waals surface area contributed by atoms with Gasteiger partial charge in [0.15, 0.2) is 5.13 Å². The van der Waals surface area contributed by atoms with Gasteiger partial charge in [-0.3, -0.25) is 9.59 Å². The molecule has 208 valence electrons. The maximum atomic E-state index is 16.4. The fraction of sp³-hybridized carbons (Fsp3) is 0.444. The van der Waals surface area contributed by atoms with E-state index >= 15 is 8.78 Å². The number of nitrogens with zero attached hydrogens (tertiary/aromatic N) is 2. The number of carboxylic acid groups (broad SMARTS) is 1. The van der Waals surface area contributed by atoms with Gasteiger partial charge in [-0.1, -0.05) is 22.9 Å². The number of anilines is 2. The van der Waals surface area contributed by atoms with E-state index in [1.54, 1.807) is 6.07 Å². The van der Waals surface area contributed by atoms with Gasteiger partial charge in [-0.25, -0.2) is 18.7 Å². The minimum absolute atomic E-state index is 0.0821. The number of benzene rings is 2. The molecule has 2 N–H and O–H groups in total. The van der Waals surface area contributed by atoms with Crippen molar-refractivity contribution in [1.82, 2.24) is 9.88 Å². The highest BCUT2D eigenvalue weighted by Crippen LogP contribution is 2.36. The van der Waals surface area contributed by atoms with E-state index in [1.807, 2.05) is 0 Å². The predicted octanol–water partition coefficient (Wildman–Crippen LogP) is 6.46. The maximum Gasteiger partial charge on any atom is 0.330 e. The van der Waals surface area contributed by atoms with Gasteiger partial charge in [0.05, 0.1) is 32.9 Å². The molecule has 1 unspecified atom stereocenters. The van der Waals surface area contributed by atoms with Gasteiger partial charge in [0.2, 0.25) is 5.78 Å². The normalized spacial score (nSPS) is 21.6. The highest BCUT2D eigenvalue weighted by Gasteiger charge is 2.49. The summed E-state index contributed by atoms with van der Waals surface area (Å²) in [5.41, 5.74) is 0.558. The molecule has 5 rings (SSSR count). The van der Waals surface area contributed by atoms with Gasteiger partial charge < -0.3 is 15.2 Å². The molecule has 39 heavy (non-hydrogen) atoms. The van der Waals surface area contributed by atoms with E-state index in [2.05, 4.69) is 10.3 Å². The van der Waals surface area contributed by atoms with Crippen molar-refractivity contribution < 1.29 is 32.6 Å². The second kappa shape index (κ2) is 11.4. The molecule has 0 radical (unpaired) electrons. The first kappa shape index (κ1) is 27.8. The molecule has 2 aromatic carbocycles. The van der Waals surface area contributed by atoms with Gasteiger partial charge in [0, 0.05) is 25.6 Å². The van der Waals surface area contributed by atoms with Crippen molar-refractivity contribution in [2.24, 2.45) is 5.92 Å². The Morgan fingerprint density at radius 3 is 2.56 bits per heavy atom. The summed E-state index contributed by atoms with van der Waals surface area (Å²) in [6, 6.07) is 6.58. The summed E-state index contributed by atoms with van der Waals surface area (Å²) < 4.78 is 51.5. The Morgan fingerprint density at radius 1 is 1.15 bits per heavy atom. The molecule has 1 aliphatic heterocycles. The van der Waals surface area contributed by atoms with Gasteiger partial charge in [-0.2, -0.15) is 4.39 Å². The summed E-state index contributed by atoms with van der Waals surface area (Å²) in [5, 5.41) is 12.6. The van der Waals surface area contributed by atoms with Crippen LogP contribution in [-0.2, 0) is 20.7 Å². The summed E-state index contributed by atoms with van der Waals surface area (Å²) >= 11 is 7.63. The molecule has 12 heteroatoms. The van der Waals surface area contributed by atoms with E-state index in [9.17, 15) is 19.1 Å². The van der Waals surface area contributed by atoms with E-state index in [4.69, 9.17) is 16.3 Å². The summed E-state index contributed by atoms with van der Waals surface area (Å²) in [7, 11) is 0. The minimum Gasteiger partial charge on any atom is -0.481 e. The number of carbonyl (C=O) groups excluding carboxylic acids is 1. The van der Waals surface area contributed by atoms with Crippen LogP contribution in [0.2, 0.25) is 5.02 Å². The maximum absolute atomic E-state index is 16.4. The van der Waals surface area contributed by atoms with Crippen molar-refractivity contribution in [2.75, 3.05) is 18.4 Å². The summed E-state index contributed by atoms with van der Waals surface area (Å²) in [5.74, 6) is -6.26. The number of fused-ring (bicyclic) bond motifs is 1. The standard InChI is InChI=1S/C27H27ClF3N3O4S/c28-19-11-16(20(30)14-21(19)32-26-33-22-13-17(29)5-8-23(22)39-26)12-24(35)27(31,34-9-1-2-10-34)38-18-6-3-15(4-7-18)25(36)37/h5,8,11,13-15,18H,1-4,6-7,9-10,12H2,(H,32,33)(H,36,37). The number of hydrogen-bond acceptors (Lipinski definition) is 7. The number of nitrogens with one attached hydrogen (secondary N) is 1. The molecule has 1 aromatic heterocycles. The molecule has 2 aliphatic rings. The zero-order valence-electron chi connectivity index (χ0n) is 20.9. The SMILES string of the molecule is O=C(O)C1CCC(OC(F)(C(=O)Cc2cc(Cl)c(Nc3nc4cc(F)ccc4s3)cc2F)N2CCCC2)CC1. The van der Waals surface area contributed by atoms with Crippen molar-refractivity contribution in [1.29, 1.82) is 0 Å². The fourth-order valence-corrected chi connectivity index (χ4v) is 6.23. The topological polar surface area (TPSA) is 91.8 Å². The van der Waals surface area contributed by atoms with E-state index < -0.39 is 47.8 Å². The van der Waals surface area contributed by atoms with Crippen molar-refractivity contribution in [3.8, 4) is 0 Å². The zero-order chi connectivity index (χ0) is 27.7. The van der Waals surface area contributed by atoms with Gasteiger partial charge in [-0.15, -0.1) is 0 Å². The van der Waals surface area contributed by atoms with Crippen molar-refractivity contribution in [2.45, 2.75) is 57.0 Å². The van der Waals surface area contributed by atoms with Gasteiger partial charge in [-0.05, 0) is 68.4 Å². The lowest BCUT2D eigenvalue weighted by Crippen LogP contribution is -2.54. The first-order chi connectivity index (χ1) is 18.6. The Labute approximate surface area is 231 Å². The van der Waals surface area contributed by atoms with Crippen LogP contribution in [-0.4, -0.2) is 51.9 Å². The van der Waals surface area contributed by atoms with E-state index in [0.29, 0.717) is 62.3 Å². The summed E-state index contributed by atoms with van der Waals surface area (Å²) in [4.78, 5) is 30.2. The quantitative estimate of drug-likeness (QED) is 0.280. The number of thiazole rings is 1. The second-order valence-corrected chi connectivity index (χ2v) is 11.4. The van der Waals surface area contributed by atoms with Crippen LogP contribution in [0.4, 0.5) is 24.0 Å². The molecule has 0 bridgehead atoms. The number of likely N-dealkylation sites (tertiary alicyclic amines) is 1. The van der Waals surface area contributed by atoms with Crippen LogP contribution in [0.5, 0.6) is 0 Å². The van der Waals surface area contributed by atoms with Gasteiger partial charge in [0.1, 0.15) is 11.6 Å². The van der Waals surface area contributed by atoms with Crippen molar-refractivity contribution in [3.05, 3.63) is 52.6 Å². The Hall–Kier alpha value is -2.73. The highest BCUT2D eigenvalue weighted by molar-refractivity contribution is 7.22. The molecule has 7 nitrogen and oxygen atoms in total. The van der Waals surface area contributed by atoms with Crippen LogP contribution in [0.25, 0.3) is 10.2 Å². The molecule has 2 fully saturated rings. The molecule has 0 spiro atoms. The van der Waals surface area contributed by atoms with Crippen LogP contribution in [0, 0.1) is 17.6 Å². The number of hydrogen-bond donors (Lipinski definition) is 2. The zero-order valence-corrected chi connectivity index (χ0v) is 22.5. The van der Waals surface area contributed by atoms with Crippen LogP contribution in [0.15, 0.2) is 30.3 Å². The number of ketones is 1. The average Bonchev–Trinajstić information content (AvgIpc) is 3.57. The number of aromatic nitrogens is 1. The number of rotatable bonds is 9. The first-order valence-electron chi connectivity index (χ1n) is 12.8. The molecular formula is C27H27ClF3N3O4S. The lowest BCUT2D eigenvalue weighted by molar-refractivity contribution is -0.252. The monoisotopic (exact) mass is 581 g/mol. The van der Waals surface area contributed by atoms with Crippen molar-refractivity contribution >= 4 is 55.7 Å². The number of aliphatic carboxylic acids is 1. The van der Waals surface area contributed by atoms with Gasteiger partial charge in [0.25, 0.3) is 0 Å². The molecule has 1 atom stereocenters. The third kappa shape index (κ3) is 6.06. The third-order valence-electron chi connectivity index (χ3n) is 7.28. The molecular weight excluding hydrogens is 555 g/mol.